The smallest absolute Gasteiger partial charge is 0.465 e. The molecule has 0 saturated carbocycles. The fourth-order valence-corrected chi connectivity index (χ4v) is 2.24. The molecular weight excluding hydrogens is 315 g/mol. The summed E-state index contributed by atoms with van der Waals surface area (Å²) in [6, 6.07) is 4.26. The molecule has 9 heteroatoms. The molecule has 126 valence electrons. The molecule has 6 nitrogen and oxygen atoms in total. The van der Waals surface area contributed by atoms with Crippen LogP contribution in [0.4, 0.5) is 18.0 Å². The second kappa shape index (κ2) is 7.32. The van der Waals surface area contributed by atoms with Gasteiger partial charge in [-0.25, -0.2) is 9.78 Å². The van der Waals surface area contributed by atoms with E-state index in [0.717, 1.165) is 11.6 Å². The van der Waals surface area contributed by atoms with Gasteiger partial charge in [0.25, 0.3) is 0 Å². The van der Waals surface area contributed by atoms with E-state index in [2.05, 4.69) is 15.0 Å². The van der Waals surface area contributed by atoms with Gasteiger partial charge in [0.2, 0.25) is 5.88 Å². The summed E-state index contributed by atoms with van der Waals surface area (Å²) in [7, 11) is 0. The number of amides is 1. The number of aromatic nitrogens is 1. The van der Waals surface area contributed by atoms with Crippen LogP contribution in [0.5, 0.6) is 5.88 Å². The number of nitrogens with one attached hydrogen (secondary N) is 1. The first-order valence-electron chi connectivity index (χ1n) is 6.95. The zero-order valence-electron chi connectivity index (χ0n) is 12.1. The van der Waals surface area contributed by atoms with E-state index in [4.69, 9.17) is 5.11 Å². The molecule has 0 bridgehead atoms. The first-order chi connectivity index (χ1) is 10.8. The van der Waals surface area contributed by atoms with Gasteiger partial charge >= 0.3 is 12.5 Å². The summed E-state index contributed by atoms with van der Waals surface area (Å²) in [6.45, 7) is 2.16. The van der Waals surface area contributed by atoms with E-state index in [1.165, 1.54) is 6.07 Å². The summed E-state index contributed by atoms with van der Waals surface area (Å²) >= 11 is 0. The lowest BCUT2D eigenvalue weighted by Crippen LogP contribution is -2.36. The third-order valence-corrected chi connectivity index (χ3v) is 3.27. The average Bonchev–Trinajstić information content (AvgIpc) is 2.46. The lowest BCUT2D eigenvalue weighted by atomic mass is 10.0. The van der Waals surface area contributed by atoms with E-state index in [-0.39, 0.29) is 0 Å². The quantitative estimate of drug-likeness (QED) is 0.866. The Morgan fingerprint density at radius 3 is 2.83 bits per heavy atom. The Morgan fingerprint density at radius 2 is 2.22 bits per heavy atom. The Hall–Kier alpha value is -2.29. The highest BCUT2D eigenvalue weighted by Crippen LogP contribution is 2.25. The first-order valence-corrected chi connectivity index (χ1v) is 6.95. The second-order valence-electron chi connectivity index (χ2n) is 4.92. The Morgan fingerprint density at radius 1 is 1.43 bits per heavy atom. The zero-order valence-corrected chi connectivity index (χ0v) is 12.1. The van der Waals surface area contributed by atoms with Crippen LogP contribution < -0.4 is 10.1 Å². The van der Waals surface area contributed by atoms with Gasteiger partial charge in [0.05, 0.1) is 5.69 Å². The maximum atomic E-state index is 12.2. The van der Waals surface area contributed by atoms with Crippen molar-refractivity contribution in [3.63, 3.8) is 0 Å². The average molecular weight is 331 g/mol. The van der Waals surface area contributed by atoms with Gasteiger partial charge in [0.1, 0.15) is 0 Å². The van der Waals surface area contributed by atoms with Crippen LogP contribution in [0.1, 0.15) is 12.1 Å². The number of hydrogen-bond acceptors (Lipinski definition) is 4. The van der Waals surface area contributed by atoms with E-state index in [0.29, 0.717) is 38.3 Å². The van der Waals surface area contributed by atoms with Crippen LogP contribution in [-0.2, 0) is 0 Å². The van der Waals surface area contributed by atoms with Crippen molar-refractivity contribution in [3.05, 3.63) is 30.0 Å². The first kappa shape index (κ1) is 17.1. The van der Waals surface area contributed by atoms with Gasteiger partial charge in [-0.3, -0.25) is 4.90 Å². The predicted octanol–water partition coefficient (Wildman–Crippen LogP) is 2.34. The van der Waals surface area contributed by atoms with Crippen molar-refractivity contribution >= 4 is 11.7 Å². The number of nitrogens with zero attached hydrogens (tertiary/aromatic N) is 2. The summed E-state index contributed by atoms with van der Waals surface area (Å²) in [4.78, 5) is 16.3. The molecule has 0 aliphatic carbocycles. The van der Waals surface area contributed by atoms with Gasteiger partial charge in [-0.15, -0.1) is 13.2 Å². The van der Waals surface area contributed by atoms with Gasteiger partial charge < -0.3 is 15.2 Å². The van der Waals surface area contributed by atoms with Crippen molar-refractivity contribution in [2.75, 3.05) is 26.2 Å². The molecule has 0 fully saturated rings. The third kappa shape index (κ3) is 5.78. The Kier molecular flexibility index (Phi) is 5.43. The van der Waals surface area contributed by atoms with Gasteiger partial charge in [-0.2, -0.15) is 0 Å². The molecule has 2 heterocycles. The highest BCUT2D eigenvalue weighted by atomic mass is 19.4. The molecular formula is C14H16F3N3O3. The molecule has 1 amide bonds. The molecule has 2 rings (SSSR count). The molecule has 0 unspecified atom stereocenters. The number of ether oxygens (including phenoxy) is 1. The highest BCUT2D eigenvalue weighted by Gasteiger charge is 2.31. The van der Waals surface area contributed by atoms with Crippen molar-refractivity contribution in [2.45, 2.75) is 12.8 Å². The summed E-state index contributed by atoms with van der Waals surface area (Å²) in [6.07, 6.45) is -3.33. The van der Waals surface area contributed by atoms with Crippen LogP contribution in [0.15, 0.2) is 24.3 Å². The number of halogens is 3. The SMILES string of the molecule is O=C(O)NCCN1CC=C(c2cccc(OC(F)(F)F)n2)CC1. The number of carboxylic acid groups (broad SMARTS) is 1. The van der Waals surface area contributed by atoms with E-state index >= 15 is 0 Å². The summed E-state index contributed by atoms with van der Waals surface area (Å²) in [5, 5.41) is 10.8. The highest BCUT2D eigenvalue weighted by molar-refractivity contribution is 5.64. The minimum absolute atomic E-state index is 0.325. The molecule has 1 aromatic rings. The minimum Gasteiger partial charge on any atom is -0.465 e. The van der Waals surface area contributed by atoms with E-state index in [1.807, 2.05) is 11.0 Å². The molecule has 0 spiro atoms. The van der Waals surface area contributed by atoms with E-state index in [9.17, 15) is 18.0 Å². The molecule has 0 atom stereocenters. The lowest BCUT2D eigenvalue weighted by Gasteiger charge is -2.26. The number of pyridine rings is 1. The molecule has 2 N–H and O–H groups in total. The summed E-state index contributed by atoms with van der Waals surface area (Å²) in [5.41, 5.74) is 1.30. The Bertz CT molecular complexity index is 590. The molecule has 0 radical (unpaired) electrons. The number of alkyl halides is 3. The topological polar surface area (TPSA) is 74.7 Å². The van der Waals surface area contributed by atoms with Crippen LogP contribution in [0.2, 0.25) is 0 Å². The normalized spacial score (nSPS) is 15.9. The number of hydrogen-bond donors (Lipinski definition) is 2. The third-order valence-electron chi connectivity index (χ3n) is 3.27. The van der Waals surface area contributed by atoms with E-state index < -0.39 is 18.3 Å². The Labute approximate surface area is 130 Å². The van der Waals surface area contributed by atoms with Crippen molar-refractivity contribution in [1.82, 2.24) is 15.2 Å². The standard InChI is InChI=1S/C14H16F3N3O3/c15-14(16,17)23-12-3-1-2-11(19-12)10-4-7-20(8-5-10)9-6-18-13(21)22/h1-4,18H,5-9H2,(H,21,22). The van der Waals surface area contributed by atoms with Gasteiger partial charge in [-0.05, 0) is 18.1 Å². The number of carbonyl (C=O) groups is 1. The maximum absolute atomic E-state index is 12.2. The summed E-state index contributed by atoms with van der Waals surface area (Å²) in [5.74, 6) is -0.482. The summed E-state index contributed by atoms with van der Waals surface area (Å²) < 4.78 is 40.4. The van der Waals surface area contributed by atoms with Crippen molar-refractivity contribution in [3.8, 4) is 5.88 Å². The van der Waals surface area contributed by atoms with E-state index in [1.54, 1.807) is 6.07 Å². The fraction of sp³-hybridized carbons (Fsp3) is 0.429. The molecule has 1 aliphatic rings. The van der Waals surface area contributed by atoms with Crippen LogP contribution in [-0.4, -0.2) is 53.6 Å². The molecule has 0 saturated heterocycles. The Balaban J connectivity index is 1.94. The van der Waals surface area contributed by atoms with Crippen molar-refractivity contribution in [2.24, 2.45) is 0 Å². The lowest BCUT2D eigenvalue weighted by molar-refractivity contribution is -0.276. The minimum atomic E-state index is -4.76. The van der Waals surface area contributed by atoms with Crippen LogP contribution >= 0.6 is 0 Å². The molecule has 1 aliphatic heterocycles. The van der Waals surface area contributed by atoms with Gasteiger partial charge in [-0.1, -0.05) is 12.1 Å². The zero-order chi connectivity index (χ0) is 16.9. The molecule has 23 heavy (non-hydrogen) atoms. The van der Waals surface area contributed by atoms with Crippen LogP contribution in [0.3, 0.4) is 0 Å². The van der Waals surface area contributed by atoms with Crippen LogP contribution in [0, 0.1) is 0 Å². The van der Waals surface area contributed by atoms with Gasteiger partial charge in [0.15, 0.2) is 0 Å². The molecule has 1 aromatic heterocycles. The fourth-order valence-electron chi connectivity index (χ4n) is 2.24. The molecule has 0 aromatic carbocycles. The van der Waals surface area contributed by atoms with Gasteiger partial charge in [0, 0.05) is 32.2 Å². The maximum Gasteiger partial charge on any atom is 0.574 e. The second-order valence-corrected chi connectivity index (χ2v) is 4.92. The largest absolute Gasteiger partial charge is 0.574 e. The number of rotatable bonds is 5. The van der Waals surface area contributed by atoms with Crippen molar-refractivity contribution < 1.29 is 27.8 Å². The predicted molar refractivity (Wildman–Crippen MR) is 76.0 cm³/mol. The van der Waals surface area contributed by atoms with Crippen molar-refractivity contribution in [1.29, 1.82) is 0 Å². The monoisotopic (exact) mass is 331 g/mol. The van der Waals surface area contributed by atoms with Crippen LogP contribution in [0.25, 0.3) is 5.57 Å².